The molecule has 0 fully saturated rings. The molecule has 21 heavy (non-hydrogen) atoms. The van der Waals surface area contributed by atoms with E-state index >= 15 is 0 Å². The van der Waals surface area contributed by atoms with E-state index in [0.717, 1.165) is 26.1 Å². The van der Waals surface area contributed by atoms with Gasteiger partial charge >= 0.3 is 0 Å². The van der Waals surface area contributed by atoms with Crippen LogP contribution in [0.5, 0.6) is 5.75 Å². The predicted octanol–water partition coefficient (Wildman–Crippen LogP) is 2.13. The number of ether oxygens (including phenoxy) is 1. The molecule has 1 amide bonds. The number of rotatable bonds is 9. The molecular weight excluding hydrogens is 266 g/mol. The van der Waals surface area contributed by atoms with Gasteiger partial charge in [0.25, 0.3) is 5.91 Å². The number of benzene rings is 1. The third kappa shape index (κ3) is 5.63. The predicted molar refractivity (Wildman–Crippen MR) is 86.8 cm³/mol. The number of anilines is 1. The van der Waals surface area contributed by atoms with Gasteiger partial charge in [0.05, 0.1) is 12.3 Å². The van der Waals surface area contributed by atoms with Gasteiger partial charge in [-0.25, -0.2) is 0 Å². The molecular formula is C16H27N3O2. The topological polar surface area (TPSA) is 67.6 Å². The van der Waals surface area contributed by atoms with Crippen molar-refractivity contribution in [3.63, 3.8) is 0 Å². The Hall–Kier alpha value is -1.75. The third-order valence-electron chi connectivity index (χ3n) is 3.40. The fraction of sp³-hybridized carbons (Fsp3) is 0.562. The van der Waals surface area contributed by atoms with Gasteiger partial charge in [-0.15, -0.1) is 0 Å². The quantitative estimate of drug-likeness (QED) is 0.540. The van der Waals surface area contributed by atoms with Crippen LogP contribution in [-0.4, -0.2) is 43.6 Å². The molecule has 0 aliphatic heterocycles. The van der Waals surface area contributed by atoms with Crippen molar-refractivity contribution in [3.8, 4) is 5.75 Å². The second-order valence-electron chi connectivity index (χ2n) is 4.82. The first-order valence-electron chi connectivity index (χ1n) is 7.65. The molecule has 5 heteroatoms. The normalized spacial score (nSPS) is 10.7. The van der Waals surface area contributed by atoms with E-state index in [2.05, 4.69) is 24.1 Å². The van der Waals surface area contributed by atoms with Crippen LogP contribution in [0.2, 0.25) is 0 Å². The molecule has 118 valence electrons. The Balaban J connectivity index is 2.43. The molecule has 0 heterocycles. The highest BCUT2D eigenvalue weighted by Crippen LogP contribution is 2.22. The molecule has 0 radical (unpaired) electrons. The van der Waals surface area contributed by atoms with Crippen molar-refractivity contribution in [1.29, 1.82) is 0 Å². The van der Waals surface area contributed by atoms with Crippen molar-refractivity contribution in [2.45, 2.75) is 27.2 Å². The van der Waals surface area contributed by atoms with Gasteiger partial charge < -0.3 is 20.7 Å². The molecule has 0 aliphatic rings. The molecule has 0 bridgehead atoms. The van der Waals surface area contributed by atoms with Crippen molar-refractivity contribution >= 4 is 11.6 Å². The Kier molecular flexibility index (Phi) is 7.61. The lowest BCUT2D eigenvalue weighted by molar-refractivity contribution is 0.0952. The van der Waals surface area contributed by atoms with Gasteiger partial charge in [-0.2, -0.15) is 0 Å². The summed E-state index contributed by atoms with van der Waals surface area (Å²) in [5, 5.41) is 2.92. The smallest absolute Gasteiger partial charge is 0.251 e. The van der Waals surface area contributed by atoms with Crippen LogP contribution in [0.4, 0.5) is 5.69 Å². The molecule has 0 aromatic heterocycles. The van der Waals surface area contributed by atoms with Crippen LogP contribution in [0.25, 0.3) is 0 Å². The molecule has 3 N–H and O–H groups in total. The van der Waals surface area contributed by atoms with Gasteiger partial charge in [-0.1, -0.05) is 13.8 Å². The summed E-state index contributed by atoms with van der Waals surface area (Å²) in [5.41, 5.74) is 6.93. The molecule has 0 saturated heterocycles. The molecule has 1 aromatic rings. The molecule has 5 nitrogen and oxygen atoms in total. The van der Waals surface area contributed by atoms with E-state index in [0.29, 0.717) is 30.2 Å². The number of nitrogens with zero attached hydrogens (tertiary/aromatic N) is 1. The molecule has 1 rings (SSSR count). The van der Waals surface area contributed by atoms with E-state index in [-0.39, 0.29) is 5.91 Å². The van der Waals surface area contributed by atoms with E-state index in [1.165, 1.54) is 0 Å². The first-order valence-corrected chi connectivity index (χ1v) is 7.65. The molecule has 0 unspecified atom stereocenters. The van der Waals surface area contributed by atoms with Crippen LogP contribution in [0.1, 0.15) is 37.6 Å². The first kappa shape index (κ1) is 17.3. The number of nitrogens with one attached hydrogen (secondary N) is 1. The Bertz CT molecular complexity index is 445. The lowest BCUT2D eigenvalue weighted by Gasteiger charge is -2.17. The van der Waals surface area contributed by atoms with Crippen LogP contribution in [0.3, 0.4) is 0 Å². The number of hydrogen-bond donors (Lipinski definition) is 2. The number of nitrogens with two attached hydrogens (primary N) is 1. The summed E-state index contributed by atoms with van der Waals surface area (Å²) in [7, 11) is 0. The Labute approximate surface area is 127 Å². The second kappa shape index (κ2) is 9.23. The highest BCUT2D eigenvalue weighted by molar-refractivity contribution is 5.95. The van der Waals surface area contributed by atoms with Crippen LogP contribution >= 0.6 is 0 Å². The van der Waals surface area contributed by atoms with E-state index in [4.69, 9.17) is 10.5 Å². The van der Waals surface area contributed by atoms with Crippen LogP contribution < -0.4 is 15.8 Å². The number of hydrogen-bond acceptors (Lipinski definition) is 4. The minimum atomic E-state index is -0.0932. The Morgan fingerprint density at radius 3 is 2.57 bits per heavy atom. The average Bonchev–Trinajstić information content (AvgIpc) is 2.49. The maximum Gasteiger partial charge on any atom is 0.251 e. The van der Waals surface area contributed by atoms with Crippen LogP contribution in [0, 0.1) is 0 Å². The maximum absolute atomic E-state index is 12.0. The summed E-state index contributed by atoms with van der Waals surface area (Å²) in [5.74, 6) is 0.528. The number of carbonyl (C=O) groups excluding carboxylic acids is 1. The number of nitrogen functional groups attached to an aromatic ring is 1. The van der Waals surface area contributed by atoms with Crippen LogP contribution in [0.15, 0.2) is 18.2 Å². The van der Waals surface area contributed by atoms with Gasteiger partial charge in [-0.3, -0.25) is 4.79 Å². The van der Waals surface area contributed by atoms with Gasteiger partial charge in [0, 0.05) is 12.1 Å². The zero-order valence-corrected chi connectivity index (χ0v) is 13.3. The number of amides is 1. The first-order chi connectivity index (χ1) is 10.1. The second-order valence-corrected chi connectivity index (χ2v) is 4.82. The molecule has 0 saturated carbocycles. The summed E-state index contributed by atoms with van der Waals surface area (Å²) < 4.78 is 5.36. The van der Waals surface area contributed by atoms with Gasteiger partial charge in [0.15, 0.2) is 0 Å². The minimum absolute atomic E-state index is 0.0932. The molecule has 0 aliphatic carbocycles. The van der Waals surface area contributed by atoms with Crippen LogP contribution in [-0.2, 0) is 0 Å². The fourth-order valence-electron chi connectivity index (χ4n) is 2.12. The van der Waals surface area contributed by atoms with E-state index < -0.39 is 0 Å². The lowest BCUT2D eigenvalue weighted by Crippen LogP contribution is -2.29. The van der Waals surface area contributed by atoms with Gasteiger partial charge in [-0.05, 0) is 51.2 Å². The summed E-state index contributed by atoms with van der Waals surface area (Å²) in [6.07, 6.45) is 0.944. The monoisotopic (exact) mass is 293 g/mol. The van der Waals surface area contributed by atoms with Gasteiger partial charge in [0.2, 0.25) is 0 Å². The average molecular weight is 293 g/mol. The van der Waals surface area contributed by atoms with Crippen molar-refractivity contribution < 1.29 is 9.53 Å². The van der Waals surface area contributed by atoms with Crippen molar-refractivity contribution in [2.75, 3.05) is 38.5 Å². The standard InChI is InChI=1S/C16H27N3O2/c1-4-19(5-2)11-7-10-18-16(20)13-8-9-15(21-6-3)14(17)12-13/h8-9,12H,4-7,10-11,17H2,1-3H3,(H,18,20). The van der Waals surface area contributed by atoms with Crippen molar-refractivity contribution in [1.82, 2.24) is 10.2 Å². The zero-order chi connectivity index (χ0) is 15.7. The van der Waals surface area contributed by atoms with Crippen molar-refractivity contribution in [2.24, 2.45) is 0 Å². The minimum Gasteiger partial charge on any atom is -0.492 e. The van der Waals surface area contributed by atoms with E-state index in [1.54, 1.807) is 18.2 Å². The highest BCUT2D eigenvalue weighted by atomic mass is 16.5. The summed E-state index contributed by atoms with van der Waals surface area (Å²) in [6.45, 7) is 10.5. The summed E-state index contributed by atoms with van der Waals surface area (Å²) in [4.78, 5) is 14.4. The Morgan fingerprint density at radius 1 is 1.29 bits per heavy atom. The van der Waals surface area contributed by atoms with E-state index in [1.807, 2.05) is 6.92 Å². The molecule has 0 atom stereocenters. The fourth-order valence-corrected chi connectivity index (χ4v) is 2.12. The maximum atomic E-state index is 12.0. The number of carbonyl (C=O) groups is 1. The summed E-state index contributed by atoms with van der Waals surface area (Å²) >= 11 is 0. The lowest BCUT2D eigenvalue weighted by atomic mass is 10.1. The largest absolute Gasteiger partial charge is 0.492 e. The Morgan fingerprint density at radius 2 is 2.00 bits per heavy atom. The third-order valence-corrected chi connectivity index (χ3v) is 3.40. The molecule has 0 spiro atoms. The molecule has 1 aromatic carbocycles. The summed E-state index contributed by atoms with van der Waals surface area (Å²) in [6, 6.07) is 5.13. The SMILES string of the molecule is CCOc1ccc(C(=O)NCCCN(CC)CC)cc1N. The highest BCUT2D eigenvalue weighted by Gasteiger charge is 2.08. The zero-order valence-electron chi connectivity index (χ0n) is 13.3. The van der Waals surface area contributed by atoms with Crippen molar-refractivity contribution in [3.05, 3.63) is 23.8 Å². The van der Waals surface area contributed by atoms with E-state index in [9.17, 15) is 4.79 Å². The van der Waals surface area contributed by atoms with Gasteiger partial charge in [0.1, 0.15) is 5.75 Å².